The maximum absolute atomic E-state index is 14.1. The number of nitrogens with one attached hydrogen (secondary N) is 1. The topological polar surface area (TPSA) is 55.1 Å². The maximum Gasteiger partial charge on any atom is 0.207 e. The van der Waals surface area contributed by atoms with Gasteiger partial charge in [-0.05, 0) is 57.0 Å². The number of halogens is 2. The van der Waals surface area contributed by atoms with E-state index in [0.717, 1.165) is 47.1 Å². The Bertz CT molecular complexity index is 910. The van der Waals surface area contributed by atoms with Crippen molar-refractivity contribution in [3.63, 3.8) is 0 Å². The Balaban J connectivity index is 2.41. The van der Waals surface area contributed by atoms with Gasteiger partial charge in [-0.1, -0.05) is 42.4 Å². The number of rotatable bonds is 7. The fourth-order valence-electron chi connectivity index (χ4n) is 2.38. The van der Waals surface area contributed by atoms with Crippen molar-refractivity contribution in [2.45, 2.75) is 34.1 Å². The summed E-state index contributed by atoms with van der Waals surface area (Å²) < 4.78 is 28.2. The van der Waals surface area contributed by atoms with Gasteiger partial charge < -0.3 is 11.1 Å². The maximum atomic E-state index is 14.1. The molecule has 3 N–H and O–H groups in total. The largest absolute Gasteiger partial charge is 0.401 e. The van der Waals surface area contributed by atoms with E-state index in [9.17, 15) is 13.6 Å². The number of allylic oxidation sites excluding steroid dienone is 3. The van der Waals surface area contributed by atoms with E-state index in [1.54, 1.807) is 6.92 Å². The molecule has 3 nitrogen and oxygen atoms in total. The third-order valence-electron chi connectivity index (χ3n) is 4.19. The van der Waals surface area contributed by atoms with E-state index in [2.05, 4.69) is 5.32 Å². The van der Waals surface area contributed by atoms with Crippen molar-refractivity contribution in [1.82, 2.24) is 0 Å². The molecule has 28 heavy (non-hydrogen) atoms. The molecule has 0 atom stereocenters. The van der Waals surface area contributed by atoms with Crippen LogP contribution in [0.25, 0.3) is 0 Å². The predicted molar refractivity (Wildman–Crippen MR) is 113 cm³/mol. The van der Waals surface area contributed by atoms with Crippen LogP contribution in [0.5, 0.6) is 0 Å². The molecule has 2 aromatic carbocycles. The summed E-state index contributed by atoms with van der Waals surface area (Å²) in [4.78, 5) is 13.0. The number of Topliss-reactive ketones (excluding diaryl/α,β-unsaturated/α-hetero) is 1. The molecule has 0 spiro atoms. The number of ketones is 1. The zero-order valence-corrected chi connectivity index (χ0v) is 17.2. The number of aryl methyl sites for hydroxylation is 1. The van der Waals surface area contributed by atoms with Gasteiger partial charge in [0, 0.05) is 11.4 Å². The number of hydrogen-bond acceptors (Lipinski definition) is 4. The minimum absolute atomic E-state index is 0.0893. The average molecular weight is 403 g/mol. The molecular weight excluding hydrogens is 378 g/mol. The fourth-order valence-corrected chi connectivity index (χ4v) is 3.43. The zero-order valence-electron chi connectivity index (χ0n) is 16.4. The van der Waals surface area contributed by atoms with E-state index in [1.165, 1.54) is 6.07 Å². The summed E-state index contributed by atoms with van der Waals surface area (Å²) in [6.45, 7) is 7.46. The van der Waals surface area contributed by atoms with E-state index in [0.29, 0.717) is 5.03 Å². The number of anilines is 1. The van der Waals surface area contributed by atoms with Gasteiger partial charge in [-0.25, -0.2) is 8.78 Å². The monoisotopic (exact) mass is 402 g/mol. The molecule has 0 saturated carbocycles. The van der Waals surface area contributed by atoms with Gasteiger partial charge in [0.15, 0.2) is 0 Å². The number of thioether (sulfide) groups is 1. The summed E-state index contributed by atoms with van der Waals surface area (Å²) in [6, 6.07) is 11.1. The van der Waals surface area contributed by atoms with Crippen LogP contribution in [0.1, 0.15) is 43.1 Å². The molecule has 0 amide bonds. The highest BCUT2D eigenvalue weighted by Crippen LogP contribution is 2.34. The third kappa shape index (κ3) is 5.23. The van der Waals surface area contributed by atoms with Crippen LogP contribution in [0.3, 0.4) is 0 Å². The summed E-state index contributed by atoms with van der Waals surface area (Å²) in [6.07, 6.45) is 0.736. The van der Waals surface area contributed by atoms with Gasteiger partial charge in [0.05, 0.1) is 15.5 Å². The summed E-state index contributed by atoms with van der Waals surface area (Å²) >= 11 is 1.09. The summed E-state index contributed by atoms with van der Waals surface area (Å²) in [7, 11) is 0. The highest BCUT2D eigenvalue weighted by Gasteiger charge is 2.24. The molecule has 0 radical (unpaired) electrons. The van der Waals surface area contributed by atoms with Gasteiger partial charge in [0.25, 0.3) is 0 Å². The Morgan fingerprint density at radius 3 is 2.14 bits per heavy atom. The van der Waals surface area contributed by atoms with Crippen molar-refractivity contribution >= 4 is 23.2 Å². The number of hydrogen-bond donors (Lipinski definition) is 2. The van der Waals surface area contributed by atoms with Crippen LogP contribution >= 0.6 is 11.8 Å². The number of carbonyl (C=O) groups is 1. The van der Waals surface area contributed by atoms with Crippen molar-refractivity contribution in [2.24, 2.45) is 5.73 Å². The van der Waals surface area contributed by atoms with Crippen LogP contribution in [-0.2, 0) is 0 Å². The van der Waals surface area contributed by atoms with Gasteiger partial charge in [-0.3, -0.25) is 4.79 Å². The first kappa shape index (κ1) is 21.7. The minimum atomic E-state index is -0.909. The molecule has 0 bridgehead atoms. The lowest BCUT2D eigenvalue weighted by Gasteiger charge is -2.17. The molecule has 148 valence electrons. The molecule has 0 unspecified atom stereocenters. The summed E-state index contributed by atoms with van der Waals surface area (Å²) in [5, 5.41) is 4.00. The number of nitrogens with two attached hydrogens (primary N) is 1. The SMILES string of the molecule is CC/C(C)=C(\Nc1ccc(C)cc1)S/C(C(=O)c1c(F)cccc1F)=C(\C)N. The smallest absolute Gasteiger partial charge is 0.207 e. The third-order valence-corrected chi connectivity index (χ3v) is 5.55. The van der Waals surface area contributed by atoms with E-state index in [-0.39, 0.29) is 10.6 Å². The molecule has 0 aliphatic heterocycles. The molecule has 0 aromatic heterocycles. The Kier molecular flexibility index (Phi) is 7.40. The fraction of sp³-hybridized carbons (Fsp3) is 0.227. The molecule has 6 heteroatoms. The van der Waals surface area contributed by atoms with Crippen molar-refractivity contribution in [3.8, 4) is 0 Å². The molecule has 0 aliphatic carbocycles. The van der Waals surface area contributed by atoms with Crippen LogP contribution < -0.4 is 11.1 Å². The quantitative estimate of drug-likeness (QED) is 0.432. The van der Waals surface area contributed by atoms with E-state index in [4.69, 9.17) is 5.73 Å². The highest BCUT2D eigenvalue weighted by molar-refractivity contribution is 8.07. The molecule has 0 fully saturated rings. The molecular formula is C22H24F2N2OS. The Hall–Kier alpha value is -2.60. The van der Waals surface area contributed by atoms with Crippen LogP contribution in [-0.4, -0.2) is 5.78 Å². The lowest BCUT2D eigenvalue weighted by molar-refractivity contribution is 0.103. The second-order valence-electron chi connectivity index (χ2n) is 6.49. The van der Waals surface area contributed by atoms with E-state index < -0.39 is 23.0 Å². The molecule has 2 rings (SSSR count). The first-order valence-electron chi connectivity index (χ1n) is 8.91. The lowest BCUT2D eigenvalue weighted by atomic mass is 10.1. The number of carbonyl (C=O) groups excluding carboxylic acids is 1. The average Bonchev–Trinajstić information content (AvgIpc) is 2.65. The van der Waals surface area contributed by atoms with Gasteiger partial charge in [-0.2, -0.15) is 0 Å². The van der Waals surface area contributed by atoms with Crippen LogP contribution in [0.4, 0.5) is 14.5 Å². The van der Waals surface area contributed by atoms with Crippen LogP contribution in [0.15, 0.2) is 63.7 Å². The first-order chi connectivity index (χ1) is 13.2. The van der Waals surface area contributed by atoms with E-state index in [1.807, 2.05) is 45.0 Å². The standard InChI is InChI=1S/C22H24F2N2OS/c1-5-14(3)22(26-16-11-9-13(2)10-12-16)28-21(15(4)25)20(27)19-17(23)7-6-8-18(19)24/h6-12,26H,5,25H2,1-4H3/b21-15+,22-14+. The number of benzene rings is 2. The minimum Gasteiger partial charge on any atom is -0.401 e. The van der Waals surface area contributed by atoms with Crippen molar-refractivity contribution < 1.29 is 13.6 Å². The van der Waals surface area contributed by atoms with Crippen molar-refractivity contribution in [1.29, 1.82) is 0 Å². The highest BCUT2D eigenvalue weighted by atomic mass is 32.2. The molecule has 0 aliphatic rings. The molecule has 2 aromatic rings. The molecule has 0 heterocycles. The summed E-state index contributed by atoms with van der Waals surface area (Å²) in [5.41, 5.74) is 8.48. The Morgan fingerprint density at radius 1 is 1.07 bits per heavy atom. The van der Waals surface area contributed by atoms with Gasteiger partial charge in [-0.15, -0.1) is 0 Å². The first-order valence-corrected chi connectivity index (χ1v) is 9.72. The second-order valence-corrected chi connectivity index (χ2v) is 7.51. The lowest BCUT2D eigenvalue weighted by Crippen LogP contribution is -2.13. The Labute approximate surface area is 168 Å². The van der Waals surface area contributed by atoms with Crippen molar-refractivity contribution in [2.75, 3.05) is 5.32 Å². The van der Waals surface area contributed by atoms with Crippen LogP contribution in [0, 0.1) is 18.6 Å². The van der Waals surface area contributed by atoms with E-state index >= 15 is 0 Å². The van der Waals surface area contributed by atoms with Gasteiger partial charge >= 0.3 is 0 Å². The zero-order chi connectivity index (χ0) is 20.8. The molecule has 0 saturated heterocycles. The van der Waals surface area contributed by atoms with Gasteiger partial charge in [0.1, 0.15) is 11.6 Å². The second kappa shape index (κ2) is 9.55. The summed E-state index contributed by atoms with van der Waals surface area (Å²) in [5.74, 6) is -2.59. The Morgan fingerprint density at radius 2 is 1.64 bits per heavy atom. The predicted octanol–water partition coefficient (Wildman–Crippen LogP) is 6.13. The van der Waals surface area contributed by atoms with Crippen LogP contribution in [0.2, 0.25) is 0 Å². The van der Waals surface area contributed by atoms with Gasteiger partial charge in [0.2, 0.25) is 5.78 Å². The van der Waals surface area contributed by atoms with Crippen molar-refractivity contribution in [3.05, 3.63) is 86.4 Å². The normalized spacial score (nSPS) is 12.9.